The summed E-state index contributed by atoms with van der Waals surface area (Å²) in [4.78, 5) is 17.0. The lowest BCUT2D eigenvalue weighted by Crippen LogP contribution is -2.15. The molecule has 3 aromatic rings. The van der Waals surface area contributed by atoms with Crippen molar-refractivity contribution in [1.82, 2.24) is 4.98 Å². The van der Waals surface area contributed by atoms with E-state index in [1.807, 2.05) is 5.38 Å². The lowest BCUT2D eigenvalue weighted by atomic mass is 10.1. The fourth-order valence-electron chi connectivity index (χ4n) is 2.67. The molecule has 1 amide bonds. The minimum absolute atomic E-state index is 0.153. The standard InChI is InChI=1S/C21H22N2O3S/c1-4-14-5-7-15(8-6-14)21-22-16(13-27-21)11-20(24)23-18-12-17(25-2)9-10-19(18)26-3/h5-10,12-13H,4,11H2,1-3H3,(H,23,24). The molecule has 1 heterocycles. The summed E-state index contributed by atoms with van der Waals surface area (Å²) in [5.74, 6) is 1.08. The summed E-state index contributed by atoms with van der Waals surface area (Å²) in [7, 11) is 3.14. The molecular weight excluding hydrogens is 360 g/mol. The Morgan fingerprint density at radius 2 is 1.89 bits per heavy atom. The van der Waals surface area contributed by atoms with Gasteiger partial charge in [0.2, 0.25) is 5.91 Å². The van der Waals surface area contributed by atoms with Gasteiger partial charge in [-0.05, 0) is 24.1 Å². The number of anilines is 1. The van der Waals surface area contributed by atoms with E-state index in [0.29, 0.717) is 17.2 Å². The van der Waals surface area contributed by atoms with Gasteiger partial charge in [-0.3, -0.25) is 4.79 Å². The number of methoxy groups -OCH3 is 2. The highest BCUT2D eigenvalue weighted by atomic mass is 32.1. The highest BCUT2D eigenvalue weighted by Gasteiger charge is 2.12. The Labute approximate surface area is 163 Å². The van der Waals surface area contributed by atoms with Crippen molar-refractivity contribution in [1.29, 1.82) is 0 Å². The normalized spacial score (nSPS) is 10.5. The second-order valence-electron chi connectivity index (χ2n) is 5.99. The molecule has 1 N–H and O–H groups in total. The fourth-order valence-corrected chi connectivity index (χ4v) is 3.50. The summed E-state index contributed by atoms with van der Waals surface area (Å²) < 4.78 is 10.5. The van der Waals surface area contributed by atoms with Crippen molar-refractivity contribution in [2.75, 3.05) is 19.5 Å². The average Bonchev–Trinajstić information content (AvgIpc) is 3.16. The van der Waals surface area contributed by atoms with Gasteiger partial charge in [-0.2, -0.15) is 0 Å². The van der Waals surface area contributed by atoms with E-state index in [1.54, 1.807) is 43.8 Å². The van der Waals surface area contributed by atoms with Gasteiger partial charge in [-0.25, -0.2) is 4.98 Å². The summed E-state index contributed by atoms with van der Waals surface area (Å²) in [5, 5.41) is 5.71. The molecule has 0 bridgehead atoms. The van der Waals surface area contributed by atoms with Crippen LogP contribution in [0.5, 0.6) is 11.5 Å². The predicted octanol–water partition coefficient (Wildman–Crippen LogP) is 4.57. The monoisotopic (exact) mass is 382 g/mol. The molecule has 0 saturated heterocycles. The van der Waals surface area contributed by atoms with Crippen LogP contribution in [-0.2, 0) is 17.6 Å². The number of hydrogen-bond donors (Lipinski definition) is 1. The lowest BCUT2D eigenvalue weighted by molar-refractivity contribution is -0.115. The predicted molar refractivity (Wildman–Crippen MR) is 109 cm³/mol. The maximum Gasteiger partial charge on any atom is 0.230 e. The number of aromatic nitrogens is 1. The van der Waals surface area contributed by atoms with Crippen LogP contribution in [0.15, 0.2) is 47.8 Å². The Morgan fingerprint density at radius 3 is 2.56 bits per heavy atom. The van der Waals surface area contributed by atoms with Crippen molar-refractivity contribution in [3.05, 3.63) is 59.1 Å². The number of aryl methyl sites for hydroxylation is 1. The van der Waals surface area contributed by atoms with Gasteiger partial charge < -0.3 is 14.8 Å². The summed E-state index contributed by atoms with van der Waals surface area (Å²) >= 11 is 1.54. The van der Waals surface area contributed by atoms with Gasteiger partial charge in [0.15, 0.2) is 0 Å². The van der Waals surface area contributed by atoms with E-state index in [9.17, 15) is 4.79 Å². The molecule has 2 aromatic carbocycles. The molecule has 6 heteroatoms. The van der Waals surface area contributed by atoms with E-state index in [1.165, 1.54) is 5.56 Å². The molecule has 0 aliphatic rings. The molecule has 0 aliphatic carbocycles. The van der Waals surface area contributed by atoms with Crippen LogP contribution >= 0.6 is 11.3 Å². The van der Waals surface area contributed by atoms with Crippen LogP contribution in [0.25, 0.3) is 10.6 Å². The molecule has 0 saturated carbocycles. The van der Waals surface area contributed by atoms with E-state index < -0.39 is 0 Å². The average molecular weight is 382 g/mol. The maximum atomic E-state index is 12.4. The largest absolute Gasteiger partial charge is 0.497 e. The van der Waals surface area contributed by atoms with Crippen LogP contribution in [0.4, 0.5) is 5.69 Å². The maximum absolute atomic E-state index is 12.4. The van der Waals surface area contributed by atoms with Crippen LogP contribution in [0, 0.1) is 0 Å². The number of nitrogens with one attached hydrogen (secondary N) is 1. The number of ether oxygens (including phenoxy) is 2. The molecule has 0 aliphatic heterocycles. The van der Waals surface area contributed by atoms with E-state index in [-0.39, 0.29) is 12.3 Å². The van der Waals surface area contributed by atoms with Gasteiger partial charge in [-0.15, -0.1) is 11.3 Å². The lowest BCUT2D eigenvalue weighted by Gasteiger charge is -2.11. The highest BCUT2D eigenvalue weighted by molar-refractivity contribution is 7.13. The van der Waals surface area contributed by atoms with Gasteiger partial charge in [0.1, 0.15) is 16.5 Å². The van der Waals surface area contributed by atoms with Gasteiger partial charge >= 0.3 is 0 Å². The second-order valence-corrected chi connectivity index (χ2v) is 6.84. The number of nitrogens with zero attached hydrogens (tertiary/aromatic N) is 1. The zero-order valence-corrected chi connectivity index (χ0v) is 16.4. The zero-order valence-electron chi connectivity index (χ0n) is 15.6. The minimum atomic E-state index is -0.153. The molecular formula is C21H22N2O3S. The number of hydrogen-bond acceptors (Lipinski definition) is 5. The van der Waals surface area contributed by atoms with Crippen molar-refractivity contribution in [2.45, 2.75) is 19.8 Å². The Morgan fingerprint density at radius 1 is 1.11 bits per heavy atom. The summed E-state index contributed by atoms with van der Waals surface area (Å²) in [6, 6.07) is 13.6. The van der Waals surface area contributed by atoms with E-state index in [0.717, 1.165) is 22.7 Å². The molecule has 3 rings (SSSR count). The Kier molecular flexibility index (Phi) is 6.08. The van der Waals surface area contributed by atoms with Crippen LogP contribution in [0.1, 0.15) is 18.2 Å². The highest BCUT2D eigenvalue weighted by Crippen LogP contribution is 2.29. The van der Waals surface area contributed by atoms with Gasteiger partial charge in [0.05, 0.1) is 32.0 Å². The van der Waals surface area contributed by atoms with Gasteiger partial charge in [0.25, 0.3) is 0 Å². The van der Waals surface area contributed by atoms with Gasteiger partial charge in [0, 0.05) is 17.0 Å². The Bertz CT molecular complexity index is 919. The van der Waals surface area contributed by atoms with Crippen molar-refractivity contribution < 1.29 is 14.3 Å². The smallest absolute Gasteiger partial charge is 0.230 e. The number of rotatable bonds is 7. The van der Waals surface area contributed by atoms with Crippen molar-refractivity contribution in [3.63, 3.8) is 0 Å². The van der Waals surface area contributed by atoms with E-state index in [2.05, 4.69) is 41.5 Å². The third-order valence-electron chi connectivity index (χ3n) is 4.18. The molecule has 0 fully saturated rings. The van der Waals surface area contributed by atoms with Crippen molar-refractivity contribution in [3.8, 4) is 22.1 Å². The summed E-state index contributed by atoms with van der Waals surface area (Å²) in [6.45, 7) is 2.13. The van der Waals surface area contributed by atoms with E-state index in [4.69, 9.17) is 9.47 Å². The van der Waals surface area contributed by atoms with Crippen LogP contribution in [-0.4, -0.2) is 25.1 Å². The number of carbonyl (C=O) groups excluding carboxylic acids is 1. The Balaban J connectivity index is 1.69. The first kappa shape index (κ1) is 18.9. The number of thiazole rings is 1. The van der Waals surface area contributed by atoms with Crippen LogP contribution in [0.3, 0.4) is 0 Å². The van der Waals surface area contributed by atoms with Crippen LogP contribution < -0.4 is 14.8 Å². The fraction of sp³-hybridized carbons (Fsp3) is 0.238. The first-order chi connectivity index (χ1) is 13.1. The number of benzene rings is 2. The third kappa shape index (κ3) is 4.65. The van der Waals surface area contributed by atoms with Crippen molar-refractivity contribution >= 4 is 22.9 Å². The molecule has 0 spiro atoms. The van der Waals surface area contributed by atoms with E-state index >= 15 is 0 Å². The van der Waals surface area contributed by atoms with Gasteiger partial charge in [-0.1, -0.05) is 31.2 Å². The summed E-state index contributed by atoms with van der Waals surface area (Å²) in [5.41, 5.74) is 3.68. The second kappa shape index (κ2) is 8.68. The number of amides is 1. The SMILES string of the molecule is CCc1ccc(-c2nc(CC(=O)Nc3cc(OC)ccc3OC)cs2)cc1. The molecule has 140 valence electrons. The summed E-state index contributed by atoms with van der Waals surface area (Å²) in [6.07, 6.45) is 1.21. The molecule has 27 heavy (non-hydrogen) atoms. The molecule has 0 unspecified atom stereocenters. The third-order valence-corrected chi connectivity index (χ3v) is 5.12. The molecule has 0 atom stereocenters. The molecule has 5 nitrogen and oxygen atoms in total. The number of carbonyl (C=O) groups is 1. The quantitative estimate of drug-likeness (QED) is 0.650. The zero-order chi connectivity index (χ0) is 19.2. The van der Waals surface area contributed by atoms with Crippen LogP contribution in [0.2, 0.25) is 0 Å². The Hall–Kier alpha value is -2.86. The topological polar surface area (TPSA) is 60.5 Å². The first-order valence-corrected chi connectivity index (χ1v) is 9.56. The van der Waals surface area contributed by atoms with Crippen molar-refractivity contribution in [2.24, 2.45) is 0 Å². The molecule has 1 aromatic heterocycles. The minimum Gasteiger partial charge on any atom is -0.497 e. The molecule has 0 radical (unpaired) electrons. The first-order valence-electron chi connectivity index (χ1n) is 8.68.